The fraction of sp³-hybridized carbons (Fsp3) is 0.846. The van der Waals surface area contributed by atoms with Crippen LogP contribution in [0.25, 0.3) is 0 Å². The van der Waals surface area contributed by atoms with Crippen LogP contribution >= 0.6 is 11.8 Å². The van der Waals surface area contributed by atoms with Gasteiger partial charge < -0.3 is 20.1 Å². The molecule has 2 unspecified atom stereocenters. The van der Waals surface area contributed by atoms with E-state index in [-0.39, 0.29) is 12.1 Å². The second kappa shape index (κ2) is 9.07. The molecule has 1 fully saturated rings. The van der Waals surface area contributed by atoms with Gasteiger partial charge in [-0.15, -0.1) is 0 Å². The topological polar surface area (TPSA) is 78.9 Å². The van der Waals surface area contributed by atoms with Crippen molar-refractivity contribution in [2.75, 3.05) is 31.7 Å². The molecular formula is C13H24N2O4S. The number of carbonyl (C=O) groups excluding carboxylic acids is 1. The zero-order chi connectivity index (χ0) is 15.0. The van der Waals surface area contributed by atoms with Crippen LogP contribution in [0.2, 0.25) is 0 Å². The predicted octanol–water partition coefficient (Wildman–Crippen LogP) is 1.40. The number of hydrogen-bond acceptors (Lipinski definition) is 4. The normalized spacial score (nSPS) is 19.6. The number of carbonyl (C=O) groups is 2. The third-order valence-electron chi connectivity index (χ3n) is 3.32. The lowest BCUT2D eigenvalue weighted by molar-refractivity contribution is -0.139. The van der Waals surface area contributed by atoms with Gasteiger partial charge in [0.1, 0.15) is 6.04 Å². The van der Waals surface area contributed by atoms with Gasteiger partial charge in [0.25, 0.3) is 0 Å². The van der Waals surface area contributed by atoms with Crippen LogP contribution in [0.1, 0.15) is 26.2 Å². The molecule has 7 heteroatoms. The third-order valence-corrected chi connectivity index (χ3v) is 3.97. The Hall–Kier alpha value is -0.950. The number of carboxylic acid groups (broad SMARTS) is 1. The zero-order valence-electron chi connectivity index (χ0n) is 12.1. The lowest BCUT2D eigenvalue weighted by atomic mass is 10.2. The van der Waals surface area contributed by atoms with Gasteiger partial charge in [-0.05, 0) is 38.2 Å². The van der Waals surface area contributed by atoms with Crippen LogP contribution in [0, 0.1) is 0 Å². The van der Waals surface area contributed by atoms with Crippen molar-refractivity contribution in [2.24, 2.45) is 0 Å². The van der Waals surface area contributed by atoms with Crippen LogP contribution < -0.4 is 5.32 Å². The standard InChI is InChI=1S/C13H24N2O4S/c1-3-15(9-10-5-4-7-19-10)13(18)14-11(12(16)17)6-8-20-2/h10-11H,3-9H2,1-2H3,(H,14,18)(H,16,17). The summed E-state index contributed by atoms with van der Waals surface area (Å²) in [6.45, 7) is 3.69. The number of amides is 2. The number of nitrogens with zero attached hydrogens (tertiary/aromatic N) is 1. The van der Waals surface area contributed by atoms with E-state index in [1.54, 1.807) is 16.7 Å². The molecule has 2 atom stereocenters. The molecule has 1 aliphatic heterocycles. The van der Waals surface area contributed by atoms with Gasteiger partial charge in [0.15, 0.2) is 0 Å². The van der Waals surface area contributed by atoms with Crippen molar-refractivity contribution in [3.8, 4) is 0 Å². The molecular weight excluding hydrogens is 280 g/mol. The minimum absolute atomic E-state index is 0.0789. The number of carboxylic acids is 1. The number of rotatable bonds is 8. The lowest BCUT2D eigenvalue weighted by Crippen LogP contribution is -2.49. The second-order valence-electron chi connectivity index (χ2n) is 4.80. The number of hydrogen-bond donors (Lipinski definition) is 2. The summed E-state index contributed by atoms with van der Waals surface area (Å²) in [5.41, 5.74) is 0. The summed E-state index contributed by atoms with van der Waals surface area (Å²) >= 11 is 1.57. The van der Waals surface area contributed by atoms with E-state index in [9.17, 15) is 9.59 Å². The summed E-state index contributed by atoms with van der Waals surface area (Å²) < 4.78 is 5.51. The Morgan fingerprint density at radius 1 is 1.55 bits per heavy atom. The van der Waals surface area contributed by atoms with Gasteiger partial charge >= 0.3 is 12.0 Å². The first-order valence-corrected chi connectivity index (χ1v) is 8.36. The maximum atomic E-state index is 12.1. The quantitative estimate of drug-likeness (QED) is 0.709. The third kappa shape index (κ3) is 5.58. The highest BCUT2D eigenvalue weighted by molar-refractivity contribution is 7.98. The van der Waals surface area contributed by atoms with Crippen molar-refractivity contribution >= 4 is 23.8 Å². The van der Waals surface area contributed by atoms with E-state index < -0.39 is 12.0 Å². The summed E-state index contributed by atoms with van der Waals surface area (Å²) in [6, 6.07) is -1.15. The Balaban J connectivity index is 2.48. The highest BCUT2D eigenvalue weighted by atomic mass is 32.2. The predicted molar refractivity (Wildman–Crippen MR) is 79.2 cm³/mol. The maximum Gasteiger partial charge on any atom is 0.326 e. The number of likely N-dealkylation sites (N-methyl/N-ethyl adjacent to an activating group) is 1. The molecule has 2 amide bonds. The molecule has 2 N–H and O–H groups in total. The summed E-state index contributed by atoms with van der Waals surface area (Å²) in [6.07, 6.45) is 4.40. The molecule has 0 aromatic heterocycles. The number of aliphatic carboxylic acids is 1. The van der Waals surface area contributed by atoms with E-state index in [0.29, 0.717) is 25.3 Å². The number of nitrogens with one attached hydrogen (secondary N) is 1. The van der Waals surface area contributed by atoms with Crippen molar-refractivity contribution in [3.63, 3.8) is 0 Å². The average Bonchev–Trinajstić information content (AvgIpc) is 2.93. The first kappa shape index (κ1) is 17.1. The number of ether oxygens (including phenoxy) is 1. The number of urea groups is 1. The molecule has 6 nitrogen and oxygen atoms in total. The van der Waals surface area contributed by atoms with Crippen LogP contribution in [-0.2, 0) is 9.53 Å². The smallest absolute Gasteiger partial charge is 0.326 e. The molecule has 1 rings (SSSR count). The molecule has 1 heterocycles. The molecule has 0 bridgehead atoms. The number of thioether (sulfide) groups is 1. The van der Waals surface area contributed by atoms with Crippen LogP contribution in [0.4, 0.5) is 4.79 Å². The monoisotopic (exact) mass is 304 g/mol. The molecule has 0 radical (unpaired) electrons. The molecule has 116 valence electrons. The molecule has 0 aromatic carbocycles. The van der Waals surface area contributed by atoms with Gasteiger partial charge in [0.05, 0.1) is 6.10 Å². The van der Waals surface area contributed by atoms with Crippen LogP contribution in [0.5, 0.6) is 0 Å². The van der Waals surface area contributed by atoms with Crippen LogP contribution in [0.15, 0.2) is 0 Å². The van der Waals surface area contributed by atoms with Gasteiger partial charge in [-0.25, -0.2) is 9.59 Å². The Labute approximate surface area is 124 Å². The van der Waals surface area contributed by atoms with Crippen LogP contribution in [-0.4, -0.2) is 65.9 Å². The van der Waals surface area contributed by atoms with Crippen LogP contribution in [0.3, 0.4) is 0 Å². The van der Waals surface area contributed by atoms with E-state index in [1.807, 2.05) is 13.2 Å². The van der Waals surface area contributed by atoms with Crippen molar-refractivity contribution in [1.82, 2.24) is 10.2 Å². The maximum absolute atomic E-state index is 12.1. The average molecular weight is 304 g/mol. The Bertz CT molecular complexity index is 321. The van der Waals surface area contributed by atoms with E-state index in [1.165, 1.54) is 0 Å². The first-order chi connectivity index (χ1) is 9.58. The molecule has 1 aliphatic rings. The fourth-order valence-electron chi connectivity index (χ4n) is 2.12. The Morgan fingerprint density at radius 3 is 2.80 bits per heavy atom. The largest absolute Gasteiger partial charge is 0.480 e. The lowest BCUT2D eigenvalue weighted by Gasteiger charge is -2.26. The van der Waals surface area contributed by atoms with E-state index >= 15 is 0 Å². The Morgan fingerprint density at radius 2 is 2.30 bits per heavy atom. The highest BCUT2D eigenvalue weighted by Gasteiger charge is 2.25. The minimum Gasteiger partial charge on any atom is -0.480 e. The van der Waals surface area contributed by atoms with Crippen molar-refractivity contribution in [3.05, 3.63) is 0 Å². The zero-order valence-corrected chi connectivity index (χ0v) is 12.9. The summed E-state index contributed by atoms with van der Waals surface area (Å²) in [5, 5.41) is 11.7. The summed E-state index contributed by atoms with van der Waals surface area (Å²) in [4.78, 5) is 24.9. The second-order valence-corrected chi connectivity index (χ2v) is 5.78. The van der Waals surface area contributed by atoms with Gasteiger partial charge in [-0.3, -0.25) is 0 Å². The molecule has 0 spiro atoms. The van der Waals surface area contributed by atoms with E-state index in [4.69, 9.17) is 9.84 Å². The fourth-order valence-corrected chi connectivity index (χ4v) is 2.59. The summed E-state index contributed by atoms with van der Waals surface area (Å²) in [7, 11) is 0. The molecule has 1 saturated heterocycles. The SMILES string of the molecule is CCN(CC1CCCO1)C(=O)NC(CCSC)C(=O)O. The van der Waals surface area contributed by atoms with E-state index in [0.717, 1.165) is 19.4 Å². The molecule has 0 aromatic rings. The van der Waals surface area contributed by atoms with E-state index in [2.05, 4.69) is 5.32 Å². The summed E-state index contributed by atoms with van der Waals surface area (Å²) in [5.74, 6) is -0.282. The van der Waals surface area contributed by atoms with Gasteiger partial charge in [-0.2, -0.15) is 11.8 Å². The van der Waals surface area contributed by atoms with Crippen molar-refractivity contribution < 1.29 is 19.4 Å². The van der Waals surface area contributed by atoms with Crippen molar-refractivity contribution in [2.45, 2.75) is 38.3 Å². The Kier molecular flexibility index (Phi) is 7.76. The molecule has 0 aliphatic carbocycles. The van der Waals surface area contributed by atoms with Crippen molar-refractivity contribution in [1.29, 1.82) is 0 Å². The molecule has 0 saturated carbocycles. The van der Waals surface area contributed by atoms with Gasteiger partial charge in [0.2, 0.25) is 0 Å². The highest BCUT2D eigenvalue weighted by Crippen LogP contribution is 2.13. The first-order valence-electron chi connectivity index (χ1n) is 6.97. The minimum atomic E-state index is -0.986. The van der Waals surface area contributed by atoms with Gasteiger partial charge in [0, 0.05) is 19.7 Å². The molecule has 20 heavy (non-hydrogen) atoms. The van der Waals surface area contributed by atoms with Gasteiger partial charge in [-0.1, -0.05) is 0 Å².